The molecular weight excluding hydrogens is 534 g/mol. The number of hydrogen-bond donors (Lipinski definition) is 7. The van der Waals surface area contributed by atoms with Crippen LogP contribution in [0, 0.1) is 0 Å². The van der Waals surface area contributed by atoms with Gasteiger partial charge in [0.25, 0.3) is 0 Å². The van der Waals surface area contributed by atoms with Gasteiger partial charge in [-0.1, -0.05) is 30.3 Å². The van der Waals surface area contributed by atoms with Crippen molar-refractivity contribution in [1.82, 2.24) is 25.6 Å². The summed E-state index contributed by atoms with van der Waals surface area (Å²) in [6.45, 7) is -0.569. The number of benzene rings is 2. The van der Waals surface area contributed by atoms with Crippen molar-refractivity contribution in [2.24, 2.45) is 0 Å². The first-order valence-electron chi connectivity index (χ1n) is 12.5. The molecule has 3 aromatic heterocycles. The minimum absolute atomic E-state index is 0.0936. The third kappa shape index (κ3) is 6.69. The lowest BCUT2D eigenvalue weighted by Crippen LogP contribution is -2.48. The number of pyridine rings is 2. The summed E-state index contributed by atoms with van der Waals surface area (Å²) in [5, 5.41) is 65.4. The van der Waals surface area contributed by atoms with E-state index in [0.717, 1.165) is 22.0 Å². The zero-order valence-corrected chi connectivity index (χ0v) is 21.9. The Morgan fingerprint density at radius 2 is 1.66 bits per heavy atom. The smallest absolute Gasteiger partial charge is 0.335 e. The quantitative estimate of drug-likeness (QED) is 0.132. The fraction of sp³-hybridized carbons (Fsp3) is 0.250. The summed E-state index contributed by atoms with van der Waals surface area (Å²) in [6.07, 6.45) is -3.93. The highest BCUT2D eigenvalue weighted by atomic mass is 16.6. The van der Waals surface area contributed by atoms with E-state index in [9.17, 15) is 9.90 Å². The molecule has 13 nitrogen and oxygen atoms in total. The number of aliphatic hydroxyl groups is 5. The molecule has 0 saturated carbocycles. The van der Waals surface area contributed by atoms with E-state index in [1.807, 2.05) is 36.4 Å². The SMILES string of the molecule is CNC[C@H](O)[C@@H](O)[C@H](O)[C@H](O)CO.O=C(O)c1ccc(-c2cc3cccnc3c(-c3cccc4nonc34)n2)cc1. The van der Waals surface area contributed by atoms with Crippen LogP contribution in [0.15, 0.2) is 71.5 Å². The first-order chi connectivity index (χ1) is 19.7. The second kappa shape index (κ2) is 13.3. The van der Waals surface area contributed by atoms with Gasteiger partial charge in [-0.15, -0.1) is 0 Å². The van der Waals surface area contributed by atoms with Gasteiger partial charge in [0.1, 0.15) is 29.3 Å². The second-order valence-corrected chi connectivity index (χ2v) is 9.11. The fourth-order valence-electron chi connectivity index (χ4n) is 4.09. The van der Waals surface area contributed by atoms with Gasteiger partial charge >= 0.3 is 5.97 Å². The second-order valence-electron chi connectivity index (χ2n) is 9.11. The van der Waals surface area contributed by atoms with Gasteiger partial charge in [-0.2, -0.15) is 0 Å². The molecule has 0 aliphatic heterocycles. The normalized spacial score (nSPS) is 14.2. The van der Waals surface area contributed by atoms with E-state index in [1.54, 1.807) is 37.5 Å². The molecular formula is C28H29N5O8. The van der Waals surface area contributed by atoms with Gasteiger partial charge in [-0.3, -0.25) is 4.98 Å². The van der Waals surface area contributed by atoms with Crippen LogP contribution in [0.4, 0.5) is 0 Å². The van der Waals surface area contributed by atoms with Gasteiger partial charge in [0.05, 0.1) is 35.2 Å². The average molecular weight is 564 g/mol. The summed E-state index contributed by atoms with van der Waals surface area (Å²) in [5.74, 6) is -0.965. The molecule has 0 aliphatic carbocycles. The predicted molar refractivity (Wildman–Crippen MR) is 148 cm³/mol. The van der Waals surface area contributed by atoms with Crippen LogP contribution in [0.25, 0.3) is 44.5 Å². The van der Waals surface area contributed by atoms with Crippen molar-refractivity contribution < 1.29 is 40.1 Å². The number of carbonyl (C=O) groups is 1. The number of fused-ring (bicyclic) bond motifs is 2. The Balaban J connectivity index is 0.000000254. The Morgan fingerprint density at radius 3 is 2.34 bits per heavy atom. The zero-order valence-electron chi connectivity index (χ0n) is 21.9. The van der Waals surface area contributed by atoms with Crippen molar-refractivity contribution in [2.45, 2.75) is 24.4 Å². The van der Waals surface area contributed by atoms with E-state index < -0.39 is 37.0 Å². The summed E-state index contributed by atoms with van der Waals surface area (Å²) in [4.78, 5) is 20.4. The molecule has 5 rings (SSSR count). The molecule has 5 aromatic rings. The highest BCUT2D eigenvalue weighted by Crippen LogP contribution is 2.33. The Hall–Kier alpha value is -4.37. The molecule has 0 spiro atoms. The summed E-state index contributed by atoms with van der Waals surface area (Å²) < 4.78 is 4.89. The number of aliphatic hydroxyl groups excluding tert-OH is 5. The van der Waals surface area contributed by atoms with Gasteiger partial charge in [0.15, 0.2) is 0 Å². The number of aromatic carboxylic acids is 1. The maximum absolute atomic E-state index is 11.1. The summed E-state index contributed by atoms with van der Waals surface area (Å²) >= 11 is 0. The van der Waals surface area contributed by atoms with E-state index in [2.05, 4.69) is 20.6 Å². The Bertz CT molecular complexity index is 1610. The van der Waals surface area contributed by atoms with Gasteiger partial charge in [0.2, 0.25) is 0 Å². The van der Waals surface area contributed by atoms with Gasteiger partial charge in [-0.25, -0.2) is 14.4 Å². The van der Waals surface area contributed by atoms with Crippen LogP contribution < -0.4 is 5.32 Å². The van der Waals surface area contributed by atoms with E-state index in [-0.39, 0.29) is 12.1 Å². The van der Waals surface area contributed by atoms with Crippen molar-refractivity contribution in [1.29, 1.82) is 0 Å². The Morgan fingerprint density at radius 1 is 0.927 bits per heavy atom. The van der Waals surface area contributed by atoms with Crippen LogP contribution in [0.3, 0.4) is 0 Å². The van der Waals surface area contributed by atoms with Crippen LogP contribution in [0.5, 0.6) is 0 Å². The molecule has 4 atom stereocenters. The van der Waals surface area contributed by atoms with Crippen molar-refractivity contribution >= 4 is 27.9 Å². The predicted octanol–water partition coefficient (Wildman–Crippen LogP) is 0.840. The molecule has 2 aromatic carbocycles. The number of nitrogens with one attached hydrogen (secondary N) is 1. The molecule has 13 heteroatoms. The lowest BCUT2D eigenvalue weighted by molar-refractivity contribution is -0.113. The van der Waals surface area contributed by atoms with Crippen LogP contribution >= 0.6 is 0 Å². The van der Waals surface area contributed by atoms with Crippen LogP contribution in [0.1, 0.15) is 10.4 Å². The summed E-state index contributed by atoms with van der Waals surface area (Å²) in [6, 6.07) is 18.0. The molecule has 0 radical (unpaired) electrons. The largest absolute Gasteiger partial charge is 0.478 e. The molecule has 0 fully saturated rings. The number of likely N-dealkylation sites (N-methyl/N-ethyl adjacent to an activating group) is 1. The van der Waals surface area contributed by atoms with Gasteiger partial charge in [0, 0.05) is 29.3 Å². The maximum atomic E-state index is 11.1. The molecule has 214 valence electrons. The van der Waals surface area contributed by atoms with Gasteiger partial charge < -0.3 is 36.0 Å². The molecule has 41 heavy (non-hydrogen) atoms. The number of carboxylic acids is 1. The number of nitrogens with zero attached hydrogens (tertiary/aromatic N) is 4. The molecule has 0 unspecified atom stereocenters. The van der Waals surface area contributed by atoms with Crippen LogP contribution in [0.2, 0.25) is 0 Å². The van der Waals surface area contributed by atoms with Crippen molar-refractivity contribution in [3.63, 3.8) is 0 Å². The standard InChI is InChI=1S/C21H12N4O3.C7H17NO5/c26-21(27)13-8-6-12(7-9-13)17-11-14-3-2-10-22-18(14)20(23-17)15-4-1-5-16-19(15)25-28-24-16;1-8-2-4(10)6(12)7(13)5(11)3-9/h1-11H,(H,26,27);4-13H,2-3H2,1H3/t;4-,5+,6+,7+/m.0/s1. The summed E-state index contributed by atoms with van der Waals surface area (Å²) in [5.41, 5.74) is 5.17. The van der Waals surface area contributed by atoms with Crippen LogP contribution in [-0.2, 0) is 0 Å². The minimum atomic E-state index is -1.55. The van der Waals surface area contributed by atoms with Crippen molar-refractivity contribution in [3.8, 4) is 22.5 Å². The average Bonchev–Trinajstić information content (AvgIpc) is 3.49. The Kier molecular flexibility index (Phi) is 9.62. The molecule has 0 saturated heterocycles. The van der Waals surface area contributed by atoms with Crippen molar-refractivity contribution in [2.75, 3.05) is 20.2 Å². The molecule has 3 heterocycles. The first kappa shape index (κ1) is 29.6. The van der Waals surface area contributed by atoms with E-state index in [4.69, 9.17) is 35.1 Å². The molecule has 0 aliphatic rings. The molecule has 7 N–H and O–H groups in total. The maximum Gasteiger partial charge on any atom is 0.335 e. The lowest BCUT2D eigenvalue weighted by Gasteiger charge is -2.25. The van der Waals surface area contributed by atoms with E-state index >= 15 is 0 Å². The molecule has 0 bridgehead atoms. The number of aromatic nitrogens is 4. The van der Waals surface area contributed by atoms with Crippen LogP contribution in [-0.4, -0.2) is 102 Å². The van der Waals surface area contributed by atoms with E-state index in [0.29, 0.717) is 22.4 Å². The topological polar surface area (TPSA) is 215 Å². The summed E-state index contributed by atoms with van der Waals surface area (Å²) in [7, 11) is 1.57. The third-order valence-electron chi connectivity index (χ3n) is 6.30. The Labute approximate surface area is 233 Å². The number of hydrogen-bond acceptors (Lipinski definition) is 12. The number of carboxylic acid groups (broad SMARTS) is 1. The van der Waals surface area contributed by atoms with Crippen molar-refractivity contribution in [3.05, 3.63) is 72.4 Å². The fourth-order valence-corrected chi connectivity index (χ4v) is 4.09. The number of rotatable bonds is 9. The van der Waals surface area contributed by atoms with Gasteiger partial charge in [-0.05, 0) is 47.7 Å². The highest BCUT2D eigenvalue weighted by molar-refractivity contribution is 6.00. The third-order valence-corrected chi connectivity index (χ3v) is 6.30. The first-order valence-corrected chi connectivity index (χ1v) is 12.5. The highest BCUT2D eigenvalue weighted by Gasteiger charge is 2.29. The lowest BCUT2D eigenvalue weighted by atomic mass is 10.0. The monoisotopic (exact) mass is 563 g/mol. The minimum Gasteiger partial charge on any atom is -0.478 e. The van der Waals surface area contributed by atoms with E-state index in [1.165, 1.54) is 0 Å². The molecule has 0 amide bonds. The zero-order chi connectivity index (χ0) is 29.5.